The molecule has 0 saturated carbocycles. The molecule has 0 aromatic heterocycles. The van der Waals surface area contributed by atoms with Gasteiger partial charge in [-0.05, 0) is 31.5 Å². The van der Waals surface area contributed by atoms with E-state index in [1.165, 1.54) is 6.92 Å². The number of benzene rings is 2. The van der Waals surface area contributed by atoms with Gasteiger partial charge in [0.1, 0.15) is 0 Å². The Hall–Kier alpha value is -1.98. The van der Waals surface area contributed by atoms with Crippen molar-refractivity contribution in [3.05, 3.63) is 65.2 Å². The van der Waals surface area contributed by atoms with Gasteiger partial charge in [0.15, 0.2) is 5.78 Å². The minimum Gasteiger partial charge on any atom is -0.295 e. The predicted octanol–water partition coefficient (Wildman–Crippen LogP) is 2.68. The molecule has 0 heterocycles. The summed E-state index contributed by atoms with van der Waals surface area (Å²) in [6.07, 6.45) is 0. The number of nitrogens with one attached hydrogen (secondary N) is 1. The normalized spacial score (nSPS) is 11.3. The molecule has 2 aromatic rings. The molecule has 0 bridgehead atoms. The molecule has 110 valence electrons. The molecule has 0 atom stereocenters. The second-order valence-electron chi connectivity index (χ2n) is 4.89. The van der Waals surface area contributed by atoms with Gasteiger partial charge in [-0.2, -0.15) is 0 Å². The van der Waals surface area contributed by atoms with E-state index in [2.05, 4.69) is 4.72 Å². The number of Topliss-reactive ketones (excluding diaryl/α,β-unsaturated/α-hetero) is 1. The number of ketones is 1. The zero-order valence-electron chi connectivity index (χ0n) is 12.0. The molecule has 0 amide bonds. The Morgan fingerprint density at radius 1 is 1.00 bits per heavy atom. The fourth-order valence-electron chi connectivity index (χ4n) is 1.84. The Balaban J connectivity index is 2.08. The van der Waals surface area contributed by atoms with Crippen LogP contribution in [0.1, 0.15) is 28.4 Å². The molecule has 0 unspecified atom stereocenters. The highest BCUT2D eigenvalue weighted by Gasteiger charge is 2.13. The van der Waals surface area contributed by atoms with Crippen LogP contribution in [-0.2, 0) is 16.6 Å². The van der Waals surface area contributed by atoms with Gasteiger partial charge in [-0.3, -0.25) is 4.79 Å². The number of hydrogen-bond donors (Lipinski definition) is 1. The highest BCUT2D eigenvalue weighted by Crippen LogP contribution is 2.11. The van der Waals surface area contributed by atoms with E-state index in [0.29, 0.717) is 5.56 Å². The summed E-state index contributed by atoms with van der Waals surface area (Å²) >= 11 is 0. The molecule has 5 heteroatoms. The van der Waals surface area contributed by atoms with E-state index in [0.717, 1.165) is 11.1 Å². The van der Waals surface area contributed by atoms with Gasteiger partial charge in [0.05, 0.1) is 4.90 Å². The topological polar surface area (TPSA) is 63.2 Å². The first-order chi connectivity index (χ1) is 9.88. The molecule has 0 fully saturated rings. The lowest BCUT2D eigenvalue weighted by atomic mass is 10.1. The standard InChI is InChI=1S/C16H17NO3S/c1-12-3-9-16(10-4-12)21(19,20)17-11-14-5-7-15(8-6-14)13(2)18/h3-10,17H,11H2,1-2H3. The van der Waals surface area contributed by atoms with Crippen LogP contribution in [0.2, 0.25) is 0 Å². The van der Waals surface area contributed by atoms with E-state index in [9.17, 15) is 13.2 Å². The van der Waals surface area contributed by atoms with E-state index in [-0.39, 0.29) is 17.2 Å². The van der Waals surface area contributed by atoms with Crippen LogP contribution in [0.5, 0.6) is 0 Å². The lowest BCUT2D eigenvalue weighted by Gasteiger charge is -2.07. The summed E-state index contributed by atoms with van der Waals surface area (Å²) in [4.78, 5) is 11.4. The zero-order chi connectivity index (χ0) is 15.5. The largest absolute Gasteiger partial charge is 0.295 e. The molecular weight excluding hydrogens is 286 g/mol. The molecule has 0 saturated heterocycles. The molecule has 0 spiro atoms. The smallest absolute Gasteiger partial charge is 0.240 e. The zero-order valence-corrected chi connectivity index (χ0v) is 12.8. The summed E-state index contributed by atoms with van der Waals surface area (Å²) < 4.78 is 26.8. The molecule has 4 nitrogen and oxygen atoms in total. The van der Waals surface area contributed by atoms with Crippen molar-refractivity contribution in [2.45, 2.75) is 25.3 Å². The monoisotopic (exact) mass is 303 g/mol. The second-order valence-corrected chi connectivity index (χ2v) is 6.66. The molecule has 2 aromatic carbocycles. The van der Waals surface area contributed by atoms with Gasteiger partial charge in [-0.25, -0.2) is 13.1 Å². The van der Waals surface area contributed by atoms with Crippen LogP contribution in [0.15, 0.2) is 53.4 Å². The third-order valence-corrected chi connectivity index (χ3v) is 4.58. The molecule has 0 aliphatic carbocycles. The number of aryl methyl sites for hydroxylation is 1. The lowest BCUT2D eigenvalue weighted by molar-refractivity contribution is 0.101. The molecule has 0 aliphatic heterocycles. The maximum atomic E-state index is 12.1. The highest BCUT2D eigenvalue weighted by molar-refractivity contribution is 7.89. The van der Waals surface area contributed by atoms with Crippen molar-refractivity contribution in [2.75, 3.05) is 0 Å². The van der Waals surface area contributed by atoms with E-state index >= 15 is 0 Å². The van der Waals surface area contributed by atoms with E-state index < -0.39 is 10.0 Å². The SMILES string of the molecule is CC(=O)c1ccc(CNS(=O)(=O)c2ccc(C)cc2)cc1. The Kier molecular flexibility index (Phi) is 4.55. The van der Waals surface area contributed by atoms with Gasteiger partial charge in [-0.1, -0.05) is 42.0 Å². The second kappa shape index (κ2) is 6.20. The number of carbonyl (C=O) groups is 1. The van der Waals surface area contributed by atoms with Crippen molar-refractivity contribution in [2.24, 2.45) is 0 Å². The van der Waals surface area contributed by atoms with Crippen molar-refractivity contribution < 1.29 is 13.2 Å². The van der Waals surface area contributed by atoms with Crippen molar-refractivity contribution in [1.29, 1.82) is 0 Å². The number of carbonyl (C=O) groups excluding carboxylic acids is 1. The Bertz CT molecular complexity index is 732. The third kappa shape index (κ3) is 4.00. The summed E-state index contributed by atoms with van der Waals surface area (Å²) in [5.41, 5.74) is 2.42. The summed E-state index contributed by atoms with van der Waals surface area (Å²) in [6, 6.07) is 13.6. The molecule has 2 rings (SSSR count). The average molecular weight is 303 g/mol. The highest BCUT2D eigenvalue weighted by atomic mass is 32.2. The van der Waals surface area contributed by atoms with Gasteiger partial charge >= 0.3 is 0 Å². The Morgan fingerprint density at radius 2 is 1.57 bits per heavy atom. The van der Waals surface area contributed by atoms with Crippen LogP contribution in [0.3, 0.4) is 0 Å². The summed E-state index contributed by atoms with van der Waals surface area (Å²) in [5.74, 6) is -0.0122. The maximum Gasteiger partial charge on any atom is 0.240 e. The van der Waals surface area contributed by atoms with Crippen LogP contribution in [0, 0.1) is 6.92 Å². The van der Waals surface area contributed by atoms with Crippen LogP contribution in [0.25, 0.3) is 0 Å². The van der Waals surface area contributed by atoms with Crippen LogP contribution in [-0.4, -0.2) is 14.2 Å². The minimum absolute atomic E-state index is 0.0122. The van der Waals surface area contributed by atoms with E-state index in [4.69, 9.17) is 0 Å². The molecular formula is C16H17NO3S. The minimum atomic E-state index is -3.52. The van der Waals surface area contributed by atoms with Gasteiger partial charge < -0.3 is 0 Å². The van der Waals surface area contributed by atoms with Crippen LogP contribution < -0.4 is 4.72 Å². The molecule has 21 heavy (non-hydrogen) atoms. The number of sulfonamides is 1. The first-order valence-corrected chi connectivity index (χ1v) is 8.03. The average Bonchev–Trinajstić information content (AvgIpc) is 2.46. The maximum absolute atomic E-state index is 12.1. The fraction of sp³-hybridized carbons (Fsp3) is 0.188. The van der Waals surface area contributed by atoms with Gasteiger partial charge in [0.2, 0.25) is 10.0 Å². The quantitative estimate of drug-likeness (QED) is 0.864. The number of rotatable bonds is 5. The van der Waals surface area contributed by atoms with Crippen LogP contribution in [0.4, 0.5) is 0 Å². The lowest BCUT2D eigenvalue weighted by Crippen LogP contribution is -2.23. The predicted molar refractivity (Wildman–Crippen MR) is 81.7 cm³/mol. The first kappa shape index (κ1) is 15.4. The third-order valence-electron chi connectivity index (χ3n) is 3.16. The van der Waals surface area contributed by atoms with Crippen LogP contribution >= 0.6 is 0 Å². The molecule has 0 aliphatic rings. The Morgan fingerprint density at radius 3 is 2.10 bits per heavy atom. The number of hydrogen-bond acceptors (Lipinski definition) is 3. The van der Waals surface area contributed by atoms with Crippen molar-refractivity contribution in [1.82, 2.24) is 4.72 Å². The van der Waals surface area contributed by atoms with Gasteiger partial charge in [0.25, 0.3) is 0 Å². The van der Waals surface area contributed by atoms with E-state index in [1.807, 2.05) is 6.92 Å². The van der Waals surface area contributed by atoms with E-state index in [1.54, 1.807) is 48.5 Å². The van der Waals surface area contributed by atoms with Crippen molar-refractivity contribution in [3.63, 3.8) is 0 Å². The van der Waals surface area contributed by atoms with Gasteiger partial charge in [0, 0.05) is 12.1 Å². The Labute approximate surface area is 124 Å². The first-order valence-electron chi connectivity index (χ1n) is 6.55. The van der Waals surface area contributed by atoms with Crippen molar-refractivity contribution in [3.8, 4) is 0 Å². The van der Waals surface area contributed by atoms with Gasteiger partial charge in [-0.15, -0.1) is 0 Å². The summed E-state index contributed by atoms with van der Waals surface area (Å²) in [7, 11) is -3.52. The fourth-order valence-corrected chi connectivity index (χ4v) is 2.85. The summed E-state index contributed by atoms with van der Waals surface area (Å²) in [6.45, 7) is 3.59. The molecule has 1 N–H and O–H groups in total. The molecule has 0 radical (unpaired) electrons. The van der Waals surface area contributed by atoms with Crippen molar-refractivity contribution >= 4 is 15.8 Å². The summed E-state index contributed by atoms with van der Waals surface area (Å²) in [5, 5.41) is 0.